The van der Waals surface area contributed by atoms with Gasteiger partial charge in [-0.1, -0.05) is 11.6 Å². The molecule has 0 radical (unpaired) electrons. The fourth-order valence-corrected chi connectivity index (χ4v) is 1.46. The average molecular weight is 206 g/mol. The molecule has 2 aromatic rings. The van der Waals surface area contributed by atoms with Crippen LogP contribution in [-0.4, -0.2) is 9.97 Å². The Labute approximate surface area is 86.6 Å². The van der Waals surface area contributed by atoms with E-state index in [-0.39, 0.29) is 0 Å². The summed E-state index contributed by atoms with van der Waals surface area (Å²) in [5, 5.41) is 0.588. The fraction of sp³-hybridized carbons (Fsp3) is 0. The molecule has 0 aliphatic carbocycles. The molecule has 3 nitrogen and oxygen atoms in total. The van der Waals surface area contributed by atoms with Crippen LogP contribution in [-0.2, 0) is 0 Å². The number of nitrogens with zero attached hydrogens (tertiary/aromatic N) is 2. The van der Waals surface area contributed by atoms with E-state index in [1.54, 1.807) is 30.7 Å². The van der Waals surface area contributed by atoms with E-state index < -0.39 is 0 Å². The van der Waals surface area contributed by atoms with Crippen molar-refractivity contribution in [2.45, 2.75) is 0 Å². The van der Waals surface area contributed by atoms with Gasteiger partial charge in [-0.05, 0) is 18.2 Å². The highest BCUT2D eigenvalue weighted by molar-refractivity contribution is 6.33. The average Bonchev–Trinajstić information content (AvgIpc) is 2.19. The van der Waals surface area contributed by atoms with Crippen LogP contribution in [0.3, 0.4) is 0 Å². The van der Waals surface area contributed by atoms with Crippen molar-refractivity contribution < 1.29 is 0 Å². The summed E-state index contributed by atoms with van der Waals surface area (Å²) in [6, 6.07) is 5.32. The number of hydrogen-bond acceptors (Lipinski definition) is 3. The summed E-state index contributed by atoms with van der Waals surface area (Å²) in [6.07, 6.45) is 4.91. The molecule has 1 aromatic carbocycles. The summed E-state index contributed by atoms with van der Waals surface area (Å²) in [5.41, 5.74) is 7.82. The minimum Gasteiger partial charge on any atom is -0.399 e. The van der Waals surface area contributed by atoms with Gasteiger partial charge < -0.3 is 5.73 Å². The van der Waals surface area contributed by atoms with E-state index in [0.29, 0.717) is 10.7 Å². The maximum absolute atomic E-state index is 6.02. The van der Waals surface area contributed by atoms with Crippen LogP contribution in [0.4, 0.5) is 5.69 Å². The van der Waals surface area contributed by atoms with Gasteiger partial charge in [0.25, 0.3) is 0 Å². The molecule has 0 atom stereocenters. The van der Waals surface area contributed by atoms with Crippen LogP contribution in [0.2, 0.25) is 5.02 Å². The molecule has 14 heavy (non-hydrogen) atoms. The van der Waals surface area contributed by atoms with Crippen LogP contribution in [0.15, 0.2) is 36.8 Å². The van der Waals surface area contributed by atoms with Crippen LogP contribution in [0, 0.1) is 0 Å². The summed E-state index contributed by atoms with van der Waals surface area (Å²) in [5.74, 6) is 0. The quantitative estimate of drug-likeness (QED) is 0.728. The zero-order valence-corrected chi connectivity index (χ0v) is 8.07. The standard InChI is InChI=1S/C10H8ClN3/c11-9-5-7(12)1-2-8(9)10-6-13-3-4-14-10/h1-6H,12H2. The molecule has 2 rings (SSSR count). The molecule has 0 unspecified atom stereocenters. The molecule has 0 fully saturated rings. The molecule has 2 N–H and O–H groups in total. The maximum atomic E-state index is 6.02. The van der Waals surface area contributed by atoms with Crippen LogP contribution in [0.25, 0.3) is 11.3 Å². The first-order valence-electron chi connectivity index (χ1n) is 4.09. The van der Waals surface area contributed by atoms with Crippen molar-refractivity contribution >= 4 is 17.3 Å². The van der Waals surface area contributed by atoms with E-state index in [1.165, 1.54) is 0 Å². The van der Waals surface area contributed by atoms with E-state index >= 15 is 0 Å². The van der Waals surface area contributed by atoms with Crippen LogP contribution >= 0.6 is 11.6 Å². The van der Waals surface area contributed by atoms with Gasteiger partial charge in [-0.15, -0.1) is 0 Å². The lowest BCUT2D eigenvalue weighted by molar-refractivity contribution is 1.21. The van der Waals surface area contributed by atoms with Crippen LogP contribution in [0.1, 0.15) is 0 Å². The van der Waals surface area contributed by atoms with Crippen molar-refractivity contribution in [3.8, 4) is 11.3 Å². The summed E-state index contributed by atoms with van der Waals surface area (Å²) < 4.78 is 0. The Kier molecular flexibility index (Phi) is 2.33. The highest BCUT2D eigenvalue weighted by atomic mass is 35.5. The highest BCUT2D eigenvalue weighted by Gasteiger charge is 2.04. The normalized spacial score (nSPS) is 10.1. The Balaban J connectivity index is 2.53. The molecule has 0 aliphatic rings. The molecule has 0 bridgehead atoms. The molecule has 4 heteroatoms. The highest BCUT2D eigenvalue weighted by Crippen LogP contribution is 2.27. The van der Waals surface area contributed by atoms with Crippen molar-refractivity contribution in [3.63, 3.8) is 0 Å². The third-order valence-corrected chi connectivity index (χ3v) is 2.14. The predicted octanol–water partition coefficient (Wildman–Crippen LogP) is 2.38. The van der Waals surface area contributed by atoms with E-state index in [2.05, 4.69) is 9.97 Å². The molecule has 0 saturated heterocycles. The van der Waals surface area contributed by atoms with E-state index in [0.717, 1.165) is 11.3 Å². The Morgan fingerprint density at radius 1 is 1.21 bits per heavy atom. The summed E-state index contributed by atoms with van der Waals surface area (Å²) in [4.78, 5) is 8.12. The summed E-state index contributed by atoms with van der Waals surface area (Å²) >= 11 is 6.02. The minimum atomic E-state index is 0.588. The second-order valence-electron chi connectivity index (χ2n) is 2.83. The lowest BCUT2D eigenvalue weighted by atomic mass is 10.1. The molecule has 1 heterocycles. The molecule has 0 amide bonds. The van der Waals surface area contributed by atoms with Gasteiger partial charge in [0.15, 0.2) is 0 Å². The van der Waals surface area contributed by atoms with Gasteiger partial charge in [0.05, 0.1) is 16.9 Å². The number of benzene rings is 1. The van der Waals surface area contributed by atoms with Gasteiger partial charge in [0.2, 0.25) is 0 Å². The molecule has 0 saturated carbocycles. The van der Waals surface area contributed by atoms with Gasteiger partial charge in [-0.2, -0.15) is 0 Å². The number of nitrogens with two attached hydrogens (primary N) is 1. The van der Waals surface area contributed by atoms with Crippen molar-refractivity contribution in [2.24, 2.45) is 0 Å². The third kappa shape index (κ3) is 1.67. The zero-order chi connectivity index (χ0) is 9.97. The van der Waals surface area contributed by atoms with E-state index in [1.807, 2.05) is 6.07 Å². The van der Waals surface area contributed by atoms with E-state index in [4.69, 9.17) is 17.3 Å². The smallest absolute Gasteiger partial charge is 0.0900 e. The first-order valence-corrected chi connectivity index (χ1v) is 4.46. The number of anilines is 1. The molecular formula is C10H8ClN3. The van der Waals surface area contributed by atoms with E-state index in [9.17, 15) is 0 Å². The zero-order valence-electron chi connectivity index (χ0n) is 7.31. The van der Waals surface area contributed by atoms with Crippen LogP contribution < -0.4 is 5.73 Å². The van der Waals surface area contributed by atoms with Crippen molar-refractivity contribution in [1.29, 1.82) is 0 Å². The van der Waals surface area contributed by atoms with Gasteiger partial charge >= 0.3 is 0 Å². The van der Waals surface area contributed by atoms with Gasteiger partial charge in [-0.3, -0.25) is 9.97 Å². The predicted molar refractivity (Wildman–Crippen MR) is 56.9 cm³/mol. The largest absolute Gasteiger partial charge is 0.399 e. The lowest BCUT2D eigenvalue weighted by Gasteiger charge is -2.03. The third-order valence-electron chi connectivity index (χ3n) is 1.83. The molecule has 0 spiro atoms. The Hall–Kier alpha value is -1.61. The first kappa shape index (κ1) is 8.97. The van der Waals surface area contributed by atoms with Crippen LogP contribution in [0.5, 0.6) is 0 Å². The van der Waals surface area contributed by atoms with Crippen molar-refractivity contribution in [1.82, 2.24) is 9.97 Å². The Morgan fingerprint density at radius 3 is 2.71 bits per heavy atom. The number of hydrogen-bond donors (Lipinski definition) is 1. The summed E-state index contributed by atoms with van der Waals surface area (Å²) in [6.45, 7) is 0. The minimum absolute atomic E-state index is 0.588. The number of nitrogen functional groups attached to an aromatic ring is 1. The fourth-order valence-electron chi connectivity index (χ4n) is 1.18. The molecule has 0 aliphatic heterocycles. The summed E-state index contributed by atoms with van der Waals surface area (Å²) in [7, 11) is 0. The second kappa shape index (κ2) is 3.64. The Bertz CT molecular complexity index is 442. The monoisotopic (exact) mass is 205 g/mol. The van der Waals surface area contributed by atoms with Gasteiger partial charge in [0, 0.05) is 23.6 Å². The topological polar surface area (TPSA) is 51.8 Å². The molecular weight excluding hydrogens is 198 g/mol. The van der Waals surface area contributed by atoms with Gasteiger partial charge in [-0.25, -0.2) is 0 Å². The number of halogens is 1. The molecule has 70 valence electrons. The molecule has 1 aromatic heterocycles. The van der Waals surface area contributed by atoms with Crippen molar-refractivity contribution in [3.05, 3.63) is 41.8 Å². The van der Waals surface area contributed by atoms with Crippen molar-refractivity contribution in [2.75, 3.05) is 5.73 Å². The number of aromatic nitrogens is 2. The second-order valence-corrected chi connectivity index (χ2v) is 3.24. The van der Waals surface area contributed by atoms with Gasteiger partial charge in [0.1, 0.15) is 0 Å². The Morgan fingerprint density at radius 2 is 2.07 bits per heavy atom. The maximum Gasteiger partial charge on any atom is 0.0900 e. The first-order chi connectivity index (χ1) is 6.77. The number of rotatable bonds is 1. The lowest BCUT2D eigenvalue weighted by Crippen LogP contribution is -1.88. The SMILES string of the molecule is Nc1ccc(-c2cnccn2)c(Cl)c1.